The van der Waals surface area contributed by atoms with Crippen LogP contribution < -0.4 is 10.6 Å². The molecule has 6 nitrogen and oxygen atoms in total. The average molecular weight is 403 g/mol. The first-order valence-corrected chi connectivity index (χ1v) is 11.1. The van der Waals surface area contributed by atoms with E-state index < -0.39 is 0 Å². The van der Waals surface area contributed by atoms with E-state index in [9.17, 15) is 0 Å². The van der Waals surface area contributed by atoms with Gasteiger partial charge in [-0.1, -0.05) is 30.3 Å². The first-order chi connectivity index (χ1) is 14.0. The van der Waals surface area contributed by atoms with E-state index in [0.717, 1.165) is 51.6 Å². The number of nitrogens with zero attached hydrogens (tertiary/aromatic N) is 2. The number of benzene rings is 1. The highest BCUT2D eigenvalue weighted by Crippen LogP contribution is 2.21. The van der Waals surface area contributed by atoms with Crippen LogP contribution in [0.5, 0.6) is 0 Å². The van der Waals surface area contributed by atoms with Crippen molar-refractivity contribution in [2.45, 2.75) is 64.3 Å². The maximum atomic E-state index is 6.01. The van der Waals surface area contributed by atoms with E-state index in [2.05, 4.69) is 73.6 Å². The van der Waals surface area contributed by atoms with Crippen LogP contribution >= 0.6 is 0 Å². The topological polar surface area (TPSA) is 58.1 Å². The molecule has 0 bridgehead atoms. The van der Waals surface area contributed by atoms with Crippen molar-refractivity contribution in [3.63, 3.8) is 0 Å². The highest BCUT2D eigenvalue weighted by molar-refractivity contribution is 5.80. The molecule has 3 atom stereocenters. The van der Waals surface area contributed by atoms with Gasteiger partial charge in [-0.15, -0.1) is 0 Å². The SMILES string of the molecule is CCNC(=NCC(C)(C)NC(C)c1ccccc1)N1CCOC(C2CCCO2)C1. The van der Waals surface area contributed by atoms with Gasteiger partial charge in [0.2, 0.25) is 0 Å². The normalized spacial score (nSPS) is 24.6. The molecule has 0 amide bonds. The molecule has 2 aliphatic heterocycles. The summed E-state index contributed by atoms with van der Waals surface area (Å²) in [6.07, 6.45) is 2.60. The molecule has 0 aromatic heterocycles. The van der Waals surface area contributed by atoms with Crippen molar-refractivity contribution >= 4 is 5.96 Å². The Balaban J connectivity index is 1.61. The average Bonchev–Trinajstić information content (AvgIpc) is 3.26. The third-order valence-electron chi connectivity index (χ3n) is 5.64. The van der Waals surface area contributed by atoms with Gasteiger partial charge in [0.1, 0.15) is 6.10 Å². The minimum absolute atomic E-state index is 0.115. The molecule has 3 rings (SSSR count). The molecule has 2 N–H and O–H groups in total. The lowest BCUT2D eigenvalue weighted by Gasteiger charge is -2.37. The Kier molecular flexibility index (Phi) is 7.92. The van der Waals surface area contributed by atoms with Crippen molar-refractivity contribution < 1.29 is 9.47 Å². The zero-order valence-electron chi connectivity index (χ0n) is 18.5. The molecule has 3 unspecified atom stereocenters. The highest BCUT2D eigenvalue weighted by Gasteiger charge is 2.32. The van der Waals surface area contributed by atoms with Crippen LogP contribution in [0.4, 0.5) is 0 Å². The molecule has 0 radical (unpaired) electrons. The molecular weight excluding hydrogens is 364 g/mol. The van der Waals surface area contributed by atoms with Gasteiger partial charge in [0.05, 0.1) is 19.3 Å². The van der Waals surface area contributed by atoms with Gasteiger partial charge in [-0.05, 0) is 46.1 Å². The highest BCUT2D eigenvalue weighted by atomic mass is 16.5. The monoisotopic (exact) mass is 402 g/mol. The van der Waals surface area contributed by atoms with E-state index in [-0.39, 0.29) is 23.8 Å². The summed E-state index contributed by atoms with van der Waals surface area (Å²) in [5.74, 6) is 0.973. The number of ether oxygens (including phenoxy) is 2. The summed E-state index contributed by atoms with van der Waals surface area (Å²) in [5, 5.41) is 7.20. The fraction of sp³-hybridized carbons (Fsp3) is 0.696. The largest absolute Gasteiger partial charge is 0.375 e. The number of hydrogen-bond donors (Lipinski definition) is 2. The molecule has 2 aliphatic rings. The van der Waals surface area contributed by atoms with Crippen LogP contribution in [-0.4, -0.2) is 68.0 Å². The third kappa shape index (κ3) is 6.43. The Hall–Kier alpha value is -1.63. The van der Waals surface area contributed by atoms with E-state index in [4.69, 9.17) is 14.5 Å². The van der Waals surface area contributed by atoms with E-state index in [1.165, 1.54) is 5.56 Å². The summed E-state index contributed by atoms with van der Waals surface area (Å²) in [4.78, 5) is 7.32. The van der Waals surface area contributed by atoms with Crippen molar-refractivity contribution in [1.29, 1.82) is 0 Å². The molecule has 2 saturated heterocycles. The van der Waals surface area contributed by atoms with Crippen molar-refractivity contribution in [2.24, 2.45) is 4.99 Å². The standard InChI is InChI=1S/C23H38N4O2/c1-5-24-22(27-13-15-29-21(16-27)20-12-9-14-28-20)25-17-23(3,4)26-18(2)19-10-7-6-8-11-19/h6-8,10-11,18,20-21,26H,5,9,12-17H2,1-4H3,(H,24,25). The van der Waals surface area contributed by atoms with Crippen LogP contribution in [0.15, 0.2) is 35.3 Å². The number of nitrogens with one attached hydrogen (secondary N) is 2. The van der Waals surface area contributed by atoms with Gasteiger partial charge >= 0.3 is 0 Å². The molecule has 0 aliphatic carbocycles. The van der Waals surface area contributed by atoms with E-state index in [0.29, 0.717) is 6.54 Å². The predicted octanol–water partition coefficient (Wildman–Crippen LogP) is 2.96. The smallest absolute Gasteiger partial charge is 0.194 e. The quantitative estimate of drug-likeness (QED) is 0.542. The summed E-state index contributed by atoms with van der Waals surface area (Å²) >= 11 is 0. The lowest BCUT2D eigenvalue weighted by atomic mass is 10.0. The second-order valence-electron chi connectivity index (χ2n) is 8.74. The van der Waals surface area contributed by atoms with Crippen molar-refractivity contribution in [3.8, 4) is 0 Å². The van der Waals surface area contributed by atoms with Crippen LogP contribution in [0.3, 0.4) is 0 Å². The predicted molar refractivity (Wildman–Crippen MR) is 118 cm³/mol. The molecule has 2 heterocycles. The molecule has 0 saturated carbocycles. The molecule has 162 valence electrons. The number of aliphatic imine (C=N–C) groups is 1. The summed E-state index contributed by atoms with van der Waals surface area (Å²) in [5.41, 5.74) is 1.18. The lowest BCUT2D eigenvalue weighted by molar-refractivity contribution is -0.0817. The number of morpholine rings is 1. The maximum absolute atomic E-state index is 6.01. The second-order valence-corrected chi connectivity index (χ2v) is 8.74. The molecule has 1 aromatic rings. The molecule has 2 fully saturated rings. The van der Waals surface area contributed by atoms with E-state index in [1.54, 1.807) is 0 Å². The van der Waals surface area contributed by atoms with Crippen molar-refractivity contribution in [2.75, 3.05) is 39.4 Å². The fourth-order valence-corrected chi connectivity index (χ4v) is 4.14. The first kappa shape index (κ1) is 22.1. The lowest BCUT2D eigenvalue weighted by Crippen LogP contribution is -2.54. The van der Waals surface area contributed by atoms with Crippen LogP contribution in [0.1, 0.15) is 52.1 Å². The van der Waals surface area contributed by atoms with Crippen LogP contribution in [0, 0.1) is 0 Å². The van der Waals surface area contributed by atoms with Crippen LogP contribution in [0.2, 0.25) is 0 Å². The van der Waals surface area contributed by atoms with Gasteiger partial charge in [0.25, 0.3) is 0 Å². The molecule has 1 aromatic carbocycles. The molecule has 0 spiro atoms. The Morgan fingerprint density at radius 3 is 2.66 bits per heavy atom. The number of guanidine groups is 1. The molecule has 6 heteroatoms. The Labute approximate surface area is 176 Å². The third-order valence-corrected chi connectivity index (χ3v) is 5.64. The van der Waals surface area contributed by atoms with Crippen molar-refractivity contribution in [1.82, 2.24) is 15.5 Å². The summed E-state index contributed by atoms with van der Waals surface area (Å²) in [6, 6.07) is 10.8. The zero-order valence-corrected chi connectivity index (χ0v) is 18.5. The molecular formula is C23H38N4O2. The Morgan fingerprint density at radius 1 is 1.21 bits per heavy atom. The first-order valence-electron chi connectivity index (χ1n) is 11.1. The van der Waals surface area contributed by atoms with Gasteiger partial charge in [-0.25, -0.2) is 0 Å². The number of hydrogen-bond acceptors (Lipinski definition) is 4. The van der Waals surface area contributed by atoms with Gasteiger partial charge in [-0.3, -0.25) is 4.99 Å². The van der Waals surface area contributed by atoms with E-state index in [1.807, 2.05) is 0 Å². The fourth-order valence-electron chi connectivity index (χ4n) is 4.14. The summed E-state index contributed by atoms with van der Waals surface area (Å²) in [6.45, 7) is 13.6. The minimum Gasteiger partial charge on any atom is -0.375 e. The zero-order chi connectivity index (χ0) is 20.7. The second kappa shape index (κ2) is 10.4. The van der Waals surface area contributed by atoms with Gasteiger partial charge in [0, 0.05) is 37.8 Å². The minimum atomic E-state index is -0.115. The Bertz CT molecular complexity index is 644. The number of rotatable bonds is 7. The van der Waals surface area contributed by atoms with Crippen molar-refractivity contribution in [3.05, 3.63) is 35.9 Å². The van der Waals surface area contributed by atoms with Crippen LogP contribution in [-0.2, 0) is 9.47 Å². The maximum Gasteiger partial charge on any atom is 0.194 e. The van der Waals surface area contributed by atoms with Gasteiger partial charge in [-0.2, -0.15) is 0 Å². The van der Waals surface area contributed by atoms with Gasteiger partial charge < -0.3 is 25.0 Å². The van der Waals surface area contributed by atoms with Crippen LogP contribution in [0.25, 0.3) is 0 Å². The summed E-state index contributed by atoms with van der Waals surface area (Å²) in [7, 11) is 0. The van der Waals surface area contributed by atoms with E-state index >= 15 is 0 Å². The summed E-state index contributed by atoms with van der Waals surface area (Å²) < 4.78 is 11.9. The molecule has 29 heavy (non-hydrogen) atoms. The Morgan fingerprint density at radius 2 is 1.97 bits per heavy atom. The van der Waals surface area contributed by atoms with Gasteiger partial charge in [0.15, 0.2) is 5.96 Å².